The van der Waals surface area contributed by atoms with Gasteiger partial charge >= 0.3 is 8.80 Å². The van der Waals surface area contributed by atoms with E-state index in [0.717, 1.165) is 5.19 Å². The zero-order chi connectivity index (χ0) is 14.3. The van der Waals surface area contributed by atoms with Crippen LogP contribution in [0.2, 0.25) is 0 Å². The van der Waals surface area contributed by atoms with Crippen LogP contribution in [0, 0.1) is 12.8 Å². The van der Waals surface area contributed by atoms with Crippen LogP contribution in [0.5, 0.6) is 0 Å². The zero-order valence-corrected chi connectivity index (χ0v) is 13.7. The summed E-state index contributed by atoms with van der Waals surface area (Å²) in [6.45, 7) is 12.1. The average Bonchev–Trinajstić information content (AvgIpc) is 2.37. The lowest BCUT2D eigenvalue weighted by molar-refractivity contribution is 0.0721. The van der Waals surface area contributed by atoms with Crippen molar-refractivity contribution in [1.82, 2.24) is 0 Å². The predicted octanol–water partition coefficient (Wildman–Crippen LogP) is 2.89. The van der Waals surface area contributed by atoms with Gasteiger partial charge in [0.1, 0.15) is 0 Å². The average molecular weight is 282 g/mol. The van der Waals surface area contributed by atoms with Crippen molar-refractivity contribution in [2.45, 2.75) is 34.6 Å². The van der Waals surface area contributed by atoms with Crippen molar-refractivity contribution in [2.24, 2.45) is 5.92 Å². The molecule has 0 aliphatic heterocycles. The first-order chi connectivity index (χ1) is 9.04. The van der Waals surface area contributed by atoms with Crippen LogP contribution in [0.25, 0.3) is 0 Å². The Balaban J connectivity index is 3.02. The molecule has 0 aliphatic carbocycles. The summed E-state index contributed by atoms with van der Waals surface area (Å²) in [5, 5.41) is 1.04. The van der Waals surface area contributed by atoms with E-state index < -0.39 is 8.80 Å². The second-order valence-corrected chi connectivity index (χ2v) is 7.55. The van der Waals surface area contributed by atoms with E-state index >= 15 is 0 Å². The molecule has 4 heteroatoms. The standard InChI is InChI=1S/C15H26O3Si/c1-6-16-19(17-7-2,18-12-13(3)4)15-10-8-14(5)9-11-15/h8-11,13H,6-7,12H2,1-5H3. The Morgan fingerprint density at radius 1 is 0.947 bits per heavy atom. The summed E-state index contributed by atoms with van der Waals surface area (Å²) < 4.78 is 18.0. The van der Waals surface area contributed by atoms with Crippen LogP contribution in [-0.4, -0.2) is 28.6 Å². The molecule has 0 atom stereocenters. The summed E-state index contributed by atoms with van der Waals surface area (Å²) in [5.41, 5.74) is 1.23. The fraction of sp³-hybridized carbons (Fsp3) is 0.600. The second kappa shape index (κ2) is 7.80. The molecule has 1 rings (SSSR count). The van der Waals surface area contributed by atoms with E-state index in [4.69, 9.17) is 13.3 Å². The van der Waals surface area contributed by atoms with Gasteiger partial charge in [-0.1, -0.05) is 43.7 Å². The summed E-state index contributed by atoms with van der Waals surface area (Å²) in [6.07, 6.45) is 0. The van der Waals surface area contributed by atoms with Crippen molar-refractivity contribution in [3.05, 3.63) is 29.8 Å². The number of benzene rings is 1. The van der Waals surface area contributed by atoms with Crippen LogP contribution >= 0.6 is 0 Å². The van der Waals surface area contributed by atoms with Crippen LogP contribution in [0.1, 0.15) is 33.3 Å². The van der Waals surface area contributed by atoms with Gasteiger partial charge in [-0.05, 0) is 26.7 Å². The minimum atomic E-state index is -2.76. The lowest BCUT2D eigenvalue weighted by atomic mass is 10.2. The van der Waals surface area contributed by atoms with Gasteiger partial charge in [-0.2, -0.15) is 0 Å². The van der Waals surface area contributed by atoms with Gasteiger partial charge in [0.2, 0.25) is 0 Å². The molecule has 0 saturated carbocycles. The Bertz CT molecular complexity index is 356. The molecule has 0 aliphatic rings. The molecular formula is C15H26O3Si. The maximum Gasteiger partial charge on any atom is 0.537 e. The molecule has 0 spiro atoms. The Morgan fingerprint density at radius 3 is 1.89 bits per heavy atom. The molecule has 0 unspecified atom stereocenters. The fourth-order valence-corrected chi connectivity index (χ4v) is 4.43. The largest absolute Gasteiger partial charge is 0.537 e. The molecule has 1 aromatic carbocycles. The quantitative estimate of drug-likeness (QED) is 0.686. The summed E-state index contributed by atoms with van der Waals surface area (Å²) in [7, 11) is -2.76. The molecule has 3 nitrogen and oxygen atoms in total. The van der Waals surface area contributed by atoms with E-state index in [9.17, 15) is 0 Å². The highest BCUT2D eigenvalue weighted by molar-refractivity contribution is 6.75. The van der Waals surface area contributed by atoms with Crippen LogP contribution in [0.15, 0.2) is 24.3 Å². The Hall–Kier alpha value is -0.683. The lowest BCUT2D eigenvalue weighted by Crippen LogP contribution is -2.57. The van der Waals surface area contributed by atoms with Crippen LogP contribution in [0.4, 0.5) is 0 Å². The number of hydrogen-bond donors (Lipinski definition) is 0. The predicted molar refractivity (Wildman–Crippen MR) is 80.6 cm³/mol. The second-order valence-electron chi connectivity index (χ2n) is 4.99. The molecule has 0 aromatic heterocycles. The van der Waals surface area contributed by atoms with Gasteiger partial charge in [-0.25, -0.2) is 0 Å². The zero-order valence-electron chi connectivity index (χ0n) is 12.7. The van der Waals surface area contributed by atoms with Crippen LogP contribution in [-0.2, 0) is 13.3 Å². The van der Waals surface area contributed by atoms with Gasteiger partial charge in [0.15, 0.2) is 0 Å². The van der Waals surface area contributed by atoms with Crippen molar-refractivity contribution in [3.8, 4) is 0 Å². The molecule has 0 N–H and O–H groups in total. The Labute approximate surface area is 118 Å². The monoisotopic (exact) mass is 282 g/mol. The van der Waals surface area contributed by atoms with Gasteiger partial charge in [-0.3, -0.25) is 0 Å². The Morgan fingerprint density at radius 2 is 1.47 bits per heavy atom. The first-order valence-electron chi connectivity index (χ1n) is 7.03. The highest BCUT2D eigenvalue weighted by atomic mass is 28.4. The third-order valence-corrected chi connectivity index (χ3v) is 5.61. The number of rotatable bonds is 8. The molecule has 0 bridgehead atoms. The van der Waals surface area contributed by atoms with Crippen molar-refractivity contribution >= 4 is 14.0 Å². The SMILES string of the molecule is CCO[Si](OCC)(OCC(C)C)c1ccc(C)cc1. The van der Waals surface area contributed by atoms with Gasteiger partial charge in [-0.15, -0.1) is 0 Å². The third kappa shape index (κ3) is 4.73. The van der Waals surface area contributed by atoms with E-state index in [-0.39, 0.29) is 0 Å². The van der Waals surface area contributed by atoms with Crippen LogP contribution < -0.4 is 5.19 Å². The third-order valence-electron chi connectivity index (χ3n) is 2.68. The number of hydrogen-bond acceptors (Lipinski definition) is 3. The normalized spacial score (nSPS) is 12.1. The van der Waals surface area contributed by atoms with E-state index in [1.54, 1.807) is 0 Å². The summed E-state index contributed by atoms with van der Waals surface area (Å²) in [6, 6.07) is 8.28. The molecule has 1 aromatic rings. The first kappa shape index (κ1) is 16.4. The molecule has 0 fully saturated rings. The molecular weight excluding hydrogens is 256 g/mol. The molecule has 108 valence electrons. The van der Waals surface area contributed by atoms with Crippen LogP contribution in [0.3, 0.4) is 0 Å². The van der Waals surface area contributed by atoms with Gasteiger partial charge in [0.05, 0.1) is 0 Å². The molecule has 0 heterocycles. The van der Waals surface area contributed by atoms with Gasteiger partial charge < -0.3 is 13.3 Å². The van der Waals surface area contributed by atoms with Gasteiger partial charge in [0.25, 0.3) is 0 Å². The minimum Gasteiger partial charge on any atom is -0.370 e. The lowest BCUT2D eigenvalue weighted by Gasteiger charge is -2.29. The fourth-order valence-electron chi connectivity index (χ4n) is 1.79. The van der Waals surface area contributed by atoms with Crippen molar-refractivity contribution in [2.75, 3.05) is 19.8 Å². The molecule has 0 saturated heterocycles. The molecule has 0 amide bonds. The smallest absolute Gasteiger partial charge is 0.370 e. The molecule has 19 heavy (non-hydrogen) atoms. The summed E-state index contributed by atoms with van der Waals surface area (Å²) in [4.78, 5) is 0. The number of aryl methyl sites for hydroxylation is 1. The van der Waals surface area contributed by atoms with E-state index in [1.807, 2.05) is 13.8 Å². The van der Waals surface area contributed by atoms with E-state index in [0.29, 0.717) is 25.7 Å². The summed E-state index contributed by atoms with van der Waals surface area (Å²) in [5.74, 6) is 0.457. The highest BCUT2D eigenvalue weighted by Crippen LogP contribution is 2.13. The van der Waals surface area contributed by atoms with Gasteiger partial charge in [0, 0.05) is 25.0 Å². The Kier molecular flexibility index (Phi) is 6.72. The van der Waals surface area contributed by atoms with E-state index in [1.165, 1.54) is 5.56 Å². The maximum absolute atomic E-state index is 6.09. The summed E-state index contributed by atoms with van der Waals surface area (Å²) >= 11 is 0. The maximum atomic E-state index is 6.09. The highest BCUT2D eigenvalue weighted by Gasteiger charge is 2.43. The van der Waals surface area contributed by atoms with E-state index in [2.05, 4.69) is 45.0 Å². The first-order valence-corrected chi connectivity index (χ1v) is 8.75. The minimum absolute atomic E-state index is 0.457. The van der Waals surface area contributed by atoms with Crippen molar-refractivity contribution in [3.63, 3.8) is 0 Å². The van der Waals surface area contributed by atoms with Crippen molar-refractivity contribution < 1.29 is 13.3 Å². The van der Waals surface area contributed by atoms with Crippen molar-refractivity contribution in [1.29, 1.82) is 0 Å². The topological polar surface area (TPSA) is 27.7 Å². The molecule has 0 radical (unpaired) electrons.